The molecule has 3 nitrogen and oxygen atoms in total. The van der Waals surface area contributed by atoms with Crippen LogP contribution in [0.4, 0.5) is 0 Å². The van der Waals surface area contributed by atoms with Crippen molar-refractivity contribution in [3.8, 4) is 0 Å². The molecule has 3 aromatic rings. The van der Waals surface area contributed by atoms with Crippen LogP contribution in [0.5, 0.6) is 0 Å². The summed E-state index contributed by atoms with van der Waals surface area (Å²) in [6.07, 6.45) is 0. The first-order valence-corrected chi connectivity index (χ1v) is 10.8. The maximum Gasteiger partial charge on any atom is 0.271 e. The molecule has 0 atom stereocenters. The van der Waals surface area contributed by atoms with Gasteiger partial charge in [0.15, 0.2) is 0 Å². The fraction of sp³-hybridized carbons (Fsp3) is 0.0909. The van der Waals surface area contributed by atoms with E-state index in [2.05, 4.69) is 10.5 Å². The molecule has 0 bridgehead atoms. The van der Waals surface area contributed by atoms with Crippen LogP contribution in [0, 0.1) is 0 Å². The number of rotatable bonds is 6. The topological polar surface area (TPSA) is 41.5 Å². The van der Waals surface area contributed by atoms with Gasteiger partial charge in [0.05, 0.1) is 10.7 Å². The third-order valence-electron chi connectivity index (χ3n) is 4.08. The first-order chi connectivity index (χ1) is 13.9. The molecular weight excluding hydrogens is 447 g/mol. The molecule has 3 aromatic carbocycles. The lowest BCUT2D eigenvalue weighted by atomic mass is 10.1. The lowest BCUT2D eigenvalue weighted by Gasteiger charge is -2.06. The van der Waals surface area contributed by atoms with Crippen LogP contribution < -0.4 is 5.43 Å². The molecule has 7 heteroatoms. The number of hydrogen-bond acceptors (Lipinski definition) is 3. The van der Waals surface area contributed by atoms with Crippen LogP contribution in [0.25, 0.3) is 0 Å². The first-order valence-electron chi connectivity index (χ1n) is 8.70. The van der Waals surface area contributed by atoms with Crippen LogP contribution in [-0.4, -0.2) is 11.6 Å². The summed E-state index contributed by atoms with van der Waals surface area (Å²) in [4.78, 5) is 13.5. The van der Waals surface area contributed by atoms with Crippen molar-refractivity contribution in [2.45, 2.75) is 17.6 Å². The summed E-state index contributed by atoms with van der Waals surface area (Å²) in [7, 11) is 0. The second-order valence-corrected chi connectivity index (χ2v) is 8.53. The number of thioether (sulfide) groups is 1. The van der Waals surface area contributed by atoms with Gasteiger partial charge in [-0.3, -0.25) is 4.79 Å². The summed E-state index contributed by atoms with van der Waals surface area (Å²) in [5.41, 5.74) is 5.52. The van der Waals surface area contributed by atoms with Gasteiger partial charge in [-0.15, -0.1) is 11.8 Å². The number of carbonyl (C=O) groups is 1. The highest BCUT2D eigenvalue weighted by molar-refractivity contribution is 7.98. The van der Waals surface area contributed by atoms with Gasteiger partial charge in [-0.2, -0.15) is 5.10 Å². The zero-order valence-corrected chi connectivity index (χ0v) is 18.5. The average Bonchev–Trinajstić information content (AvgIpc) is 2.72. The number of amides is 1. The second kappa shape index (κ2) is 10.2. The minimum atomic E-state index is -0.286. The Hall–Kier alpha value is -1.98. The third-order valence-corrected chi connectivity index (χ3v) is 5.96. The summed E-state index contributed by atoms with van der Waals surface area (Å²) in [6, 6.07) is 20.3. The van der Waals surface area contributed by atoms with Gasteiger partial charge >= 0.3 is 0 Å². The molecule has 148 valence electrons. The Morgan fingerprint density at radius 3 is 2.24 bits per heavy atom. The van der Waals surface area contributed by atoms with E-state index in [0.29, 0.717) is 26.9 Å². The summed E-state index contributed by atoms with van der Waals surface area (Å²) in [5, 5.41) is 5.89. The predicted octanol–water partition coefficient (Wildman–Crippen LogP) is 7.09. The number of nitrogens with one attached hydrogen (secondary N) is 1. The van der Waals surface area contributed by atoms with Crippen LogP contribution in [0.1, 0.15) is 28.4 Å². The minimum Gasteiger partial charge on any atom is -0.267 e. The normalized spacial score (nSPS) is 11.4. The Labute approximate surface area is 189 Å². The molecule has 0 aliphatic rings. The van der Waals surface area contributed by atoms with Crippen molar-refractivity contribution in [2.24, 2.45) is 5.10 Å². The second-order valence-electron chi connectivity index (χ2n) is 6.20. The average molecular weight is 464 g/mol. The Kier molecular flexibility index (Phi) is 7.62. The summed E-state index contributed by atoms with van der Waals surface area (Å²) >= 11 is 19.7. The van der Waals surface area contributed by atoms with E-state index in [0.717, 1.165) is 21.2 Å². The van der Waals surface area contributed by atoms with Crippen LogP contribution in [-0.2, 0) is 5.75 Å². The maximum absolute atomic E-state index is 12.4. The van der Waals surface area contributed by atoms with E-state index in [1.165, 1.54) is 0 Å². The lowest BCUT2D eigenvalue weighted by Crippen LogP contribution is -2.19. The minimum absolute atomic E-state index is 0.286. The van der Waals surface area contributed by atoms with Gasteiger partial charge in [-0.05, 0) is 61.0 Å². The number of hydrazone groups is 1. The number of hydrogen-bond donors (Lipinski definition) is 1. The van der Waals surface area contributed by atoms with Crippen molar-refractivity contribution in [2.75, 3.05) is 0 Å². The third kappa shape index (κ3) is 6.25. The summed E-state index contributed by atoms with van der Waals surface area (Å²) < 4.78 is 0. The molecule has 0 heterocycles. The summed E-state index contributed by atoms with van der Waals surface area (Å²) in [6.45, 7) is 1.77. The molecule has 0 aliphatic heterocycles. The van der Waals surface area contributed by atoms with E-state index in [9.17, 15) is 4.79 Å². The van der Waals surface area contributed by atoms with Crippen molar-refractivity contribution in [3.63, 3.8) is 0 Å². The lowest BCUT2D eigenvalue weighted by molar-refractivity contribution is 0.0955. The molecule has 0 fully saturated rings. The highest BCUT2D eigenvalue weighted by Crippen LogP contribution is 2.24. The molecule has 1 N–H and O–H groups in total. The van der Waals surface area contributed by atoms with E-state index >= 15 is 0 Å². The predicted molar refractivity (Wildman–Crippen MR) is 124 cm³/mol. The molecule has 3 rings (SSSR count). The highest BCUT2D eigenvalue weighted by Gasteiger charge is 2.08. The molecular formula is C22H17Cl3N2OS. The van der Waals surface area contributed by atoms with Crippen molar-refractivity contribution < 1.29 is 4.79 Å². The summed E-state index contributed by atoms with van der Waals surface area (Å²) in [5.74, 6) is 0.516. The fourth-order valence-electron chi connectivity index (χ4n) is 2.49. The van der Waals surface area contributed by atoms with Gasteiger partial charge in [0.1, 0.15) is 0 Å². The van der Waals surface area contributed by atoms with Crippen LogP contribution in [0.2, 0.25) is 15.1 Å². The Morgan fingerprint density at radius 1 is 0.931 bits per heavy atom. The smallest absolute Gasteiger partial charge is 0.267 e. The molecule has 29 heavy (non-hydrogen) atoms. The number of benzene rings is 3. The van der Waals surface area contributed by atoms with Crippen molar-refractivity contribution in [1.29, 1.82) is 0 Å². The molecule has 0 radical (unpaired) electrons. The van der Waals surface area contributed by atoms with E-state index in [1.807, 2.05) is 36.4 Å². The SMILES string of the molecule is CC(=NNC(=O)c1ccc(CSc2ccc(Cl)cc2)cc1)c1ccc(Cl)cc1Cl. The largest absolute Gasteiger partial charge is 0.271 e. The van der Waals surface area contributed by atoms with Gasteiger partial charge in [0, 0.05) is 31.8 Å². The highest BCUT2D eigenvalue weighted by atomic mass is 35.5. The Balaban J connectivity index is 1.59. The molecule has 0 unspecified atom stereocenters. The van der Waals surface area contributed by atoms with Gasteiger partial charge in [-0.1, -0.05) is 53.0 Å². The molecule has 1 amide bonds. The van der Waals surface area contributed by atoms with Crippen LogP contribution in [0.3, 0.4) is 0 Å². The van der Waals surface area contributed by atoms with Gasteiger partial charge in [-0.25, -0.2) is 5.43 Å². The zero-order chi connectivity index (χ0) is 20.8. The van der Waals surface area contributed by atoms with E-state index in [4.69, 9.17) is 34.8 Å². The van der Waals surface area contributed by atoms with E-state index < -0.39 is 0 Å². The van der Waals surface area contributed by atoms with Gasteiger partial charge in [0.2, 0.25) is 0 Å². The van der Waals surface area contributed by atoms with E-state index in [1.54, 1.807) is 49.0 Å². The van der Waals surface area contributed by atoms with E-state index in [-0.39, 0.29) is 5.91 Å². The molecule has 0 saturated heterocycles. The molecule has 0 spiro atoms. The molecule has 0 saturated carbocycles. The monoisotopic (exact) mass is 462 g/mol. The van der Waals surface area contributed by atoms with Gasteiger partial charge < -0.3 is 0 Å². The van der Waals surface area contributed by atoms with Gasteiger partial charge in [0.25, 0.3) is 5.91 Å². The number of nitrogens with zero attached hydrogens (tertiary/aromatic N) is 1. The Bertz CT molecular complexity index is 1030. The van der Waals surface area contributed by atoms with Crippen LogP contribution >= 0.6 is 46.6 Å². The maximum atomic E-state index is 12.4. The fourth-order valence-corrected chi connectivity index (χ4v) is 4.02. The number of carbonyl (C=O) groups excluding carboxylic acids is 1. The standard InChI is InChI=1S/C22H17Cl3N2OS/c1-14(20-11-8-18(24)12-21(20)25)26-27-22(28)16-4-2-15(3-5-16)13-29-19-9-6-17(23)7-10-19/h2-12H,13H2,1H3,(H,27,28). The first kappa shape index (κ1) is 21.7. The molecule has 0 aliphatic carbocycles. The van der Waals surface area contributed by atoms with Crippen molar-refractivity contribution >= 4 is 58.2 Å². The van der Waals surface area contributed by atoms with Crippen LogP contribution in [0.15, 0.2) is 76.7 Å². The number of halogens is 3. The quantitative estimate of drug-likeness (QED) is 0.241. The molecule has 0 aromatic heterocycles. The Morgan fingerprint density at radius 2 is 1.59 bits per heavy atom. The zero-order valence-electron chi connectivity index (χ0n) is 15.5. The van der Waals surface area contributed by atoms with Crippen molar-refractivity contribution in [1.82, 2.24) is 5.43 Å². The van der Waals surface area contributed by atoms with Crippen molar-refractivity contribution in [3.05, 3.63) is 98.5 Å².